The third-order valence-corrected chi connectivity index (χ3v) is 8.19. The number of nitrogens with two attached hydrogens (primary N) is 1. The second-order valence-electron chi connectivity index (χ2n) is 9.80. The Kier molecular flexibility index (Phi) is 8.15. The van der Waals surface area contributed by atoms with Gasteiger partial charge in [0.1, 0.15) is 28.2 Å². The molecule has 8 nitrogen and oxygen atoms in total. The Hall–Kier alpha value is -3.11. The lowest BCUT2D eigenvalue weighted by Crippen LogP contribution is -2.51. The van der Waals surface area contributed by atoms with Crippen molar-refractivity contribution in [3.8, 4) is 12.1 Å². The molecule has 1 atom stereocenters. The van der Waals surface area contributed by atoms with E-state index in [0.29, 0.717) is 40.0 Å². The molecule has 2 aliphatic rings. The lowest BCUT2D eigenvalue weighted by Gasteiger charge is -2.41. The van der Waals surface area contributed by atoms with Gasteiger partial charge in [0.25, 0.3) is 0 Å². The molecule has 1 unspecified atom stereocenters. The molecule has 1 amide bonds. The van der Waals surface area contributed by atoms with Gasteiger partial charge in [-0.15, -0.1) is 0 Å². The second kappa shape index (κ2) is 11.3. The van der Waals surface area contributed by atoms with Gasteiger partial charge >= 0.3 is 0 Å². The highest BCUT2D eigenvalue weighted by molar-refractivity contribution is 8.00. The van der Waals surface area contributed by atoms with E-state index in [1.807, 2.05) is 37.3 Å². The standard InChI is InChI=1S/C27H32N6O2S/c1-3-20-21(13-28)25(33-11-9-19(10-12-33)31-15-27(2)16-35-17-27)32-26(22(20)14-29)36-23(24(30)34)18-7-5-4-6-8-18/h4-8,19,23,31H,3,9-12,15-17H2,1-2H3,(H2,30,34). The number of thioether (sulfide) groups is 1. The quantitative estimate of drug-likeness (QED) is 0.498. The van der Waals surface area contributed by atoms with E-state index in [1.54, 1.807) is 0 Å². The van der Waals surface area contributed by atoms with Crippen LogP contribution in [0.1, 0.15) is 54.2 Å². The summed E-state index contributed by atoms with van der Waals surface area (Å²) in [5.74, 6) is 0.0863. The molecular formula is C27H32N6O2S. The van der Waals surface area contributed by atoms with Gasteiger partial charge in [-0.2, -0.15) is 10.5 Å². The molecule has 1 aromatic carbocycles. The van der Waals surface area contributed by atoms with Gasteiger partial charge in [0.05, 0.1) is 24.3 Å². The van der Waals surface area contributed by atoms with Crippen molar-refractivity contribution in [3.05, 3.63) is 52.6 Å². The largest absolute Gasteiger partial charge is 0.380 e. The molecular weight excluding hydrogens is 472 g/mol. The minimum absolute atomic E-state index is 0.220. The number of anilines is 1. The summed E-state index contributed by atoms with van der Waals surface area (Å²) in [6.07, 6.45) is 2.38. The highest BCUT2D eigenvalue weighted by Gasteiger charge is 2.34. The van der Waals surface area contributed by atoms with Crippen molar-refractivity contribution >= 4 is 23.5 Å². The van der Waals surface area contributed by atoms with Crippen LogP contribution in [0.25, 0.3) is 0 Å². The normalized spacial score (nSPS) is 18.1. The van der Waals surface area contributed by atoms with Crippen LogP contribution in [0.4, 0.5) is 5.82 Å². The lowest BCUT2D eigenvalue weighted by atomic mass is 9.88. The van der Waals surface area contributed by atoms with E-state index >= 15 is 0 Å². The number of rotatable bonds is 9. The number of amides is 1. The van der Waals surface area contributed by atoms with Gasteiger partial charge in [-0.1, -0.05) is 55.9 Å². The number of ether oxygens (including phenoxy) is 1. The maximum absolute atomic E-state index is 12.4. The van der Waals surface area contributed by atoms with Gasteiger partial charge in [0, 0.05) is 31.1 Å². The Labute approximate surface area is 216 Å². The minimum Gasteiger partial charge on any atom is -0.380 e. The summed E-state index contributed by atoms with van der Waals surface area (Å²) in [6, 6.07) is 14.2. The fourth-order valence-corrected chi connectivity index (χ4v) is 5.82. The fourth-order valence-electron chi connectivity index (χ4n) is 4.77. The molecule has 0 saturated carbocycles. The van der Waals surface area contributed by atoms with E-state index in [4.69, 9.17) is 15.5 Å². The van der Waals surface area contributed by atoms with E-state index < -0.39 is 11.2 Å². The Balaban J connectivity index is 1.60. The van der Waals surface area contributed by atoms with Crippen molar-refractivity contribution in [1.82, 2.24) is 10.3 Å². The maximum atomic E-state index is 12.4. The Bertz CT molecular complexity index is 1180. The van der Waals surface area contributed by atoms with E-state index in [1.165, 1.54) is 11.8 Å². The predicted octanol–water partition coefficient (Wildman–Crippen LogP) is 3.30. The van der Waals surface area contributed by atoms with Crippen molar-refractivity contribution < 1.29 is 9.53 Å². The summed E-state index contributed by atoms with van der Waals surface area (Å²) in [7, 11) is 0. The molecule has 3 heterocycles. The molecule has 0 spiro atoms. The van der Waals surface area contributed by atoms with E-state index in [2.05, 4.69) is 29.3 Å². The summed E-state index contributed by atoms with van der Waals surface area (Å²) < 4.78 is 5.36. The average molecular weight is 505 g/mol. The monoisotopic (exact) mass is 504 g/mol. The van der Waals surface area contributed by atoms with Gasteiger partial charge in [-0.25, -0.2) is 4.98 Å². The molecule has 0 bridgehead atoms. The van der Waals surface area contributed by atoms with Crippen molar-refractivity contribution in [2.24, 2.45) is 11.1 Å². The number of nitrogens with zero attached hydrogens (tertiary/aromatic N) is 4. The molecule has 1 aromatic heterocycles. The highest BCUT2D eigenvalue weighted by Crippen LogP contribution is 2.40. The first-order valence-electron chi connectivity index (χ1n) is 12.3. The molecule has 188 valence electrons. The fraction of sp³-hybridized carbons (Fsp3) is 0.481. The van der Waals surface area contributed by atoms with Crippen molar-refractivity contribution in [1.29, 1.82) is 10.5 Å². The predicted molar refractivity (Wildman–Crippen MR) is 139 cm³/mol. The van der Waals surface area contributed by atoms with Gasteiger partial charge in [0.15, 0.2) is 0 Å². The Morgan fingerprint density at radius 2 is 1.92 bits per heavy atom. The number of aromatic nitrogens is 1. The summed E-state index contributed by atoms with van der Waals surface area (Å²) in [6.45, 7) is 8.21. The van der Waals surface area contributed by atoms with Crippen LogP contribution in [-0.2, 0) is 16.0 Å². The number of pyridine rings is 1. The molecule has 9 heteroatoms. The minimum atomic E-state index is -0.692. The molecule has 3 N–H and O–H groups in total. The molecule has 4 rings (SSSR count). The number of nitrogens with one attached hydrogen (secondary N) is 1. The van der Waals surface area contributed by atoms with Gasteiger partial charge in [-0.05, 0) is 30.4 Å². The summed E-state index contributed by atoms with van der Waals surface area (Å²) >= 11 is 1.18. The zero-order chi connectivity index (χ0) is 25.7. The number of piperidine rings is 1. The van der Waals surface area contributed by atoms with Crippen LogP contribution < -0.4 is 16.0 Å². The van der Waals surface area contributed by atoms with E-state index in [-0.39, 0.29) is 5.41 Å². The van der Waals surface area contributed by atoms with Crippen molar-refractivity contribution in [2.75, 3.05) is 37.7 Å². The topological polar surface area (TPSA) is 128 Å². The molecule has 2 saturated heterocycles. The zero-order valence-electron chi connectivity index (χ0n) is 20.8. The summed E-state index contributed by atoms with van der Waals surface area (Å²) in [5.41, 5.74) is 8.19. The number of carbonyl (C=O) groups excluding carboxylic acids is 1. The second-order valence-corrected chi connectivity index (χ2v) is 10.9. The molecule has 2 aliphatic heterocycles. The van der Waals surface area contributed by atoms with Crippen LogP contribution in [0.15, 0.2) is 35.4 Å². The van der Waals surface area contributed by atoms with Crippen LogP contribution in [0.3, 0.4) is 0 Å². The first-order chi connectivity index (χ1) is 17.4. The van der Waals surface area contributed by atoms with Crippen molar-refractivity contribution in [2.45, 2.75) is 49.4 Å². The van der Waals surface area contributed by atoms with Crippen LogP contribution in [0.2, 0.25) is 0 Å². The molecule has 2 fully saturated rings. The molecule has 2 aromatic rings. The molecule has 36 heavy (non-hydrogen) atoms. The smallest absolute Gasteiger partial charge is 0.235 e. The van der Waals surface area contributed by atoms with Crippen LogP contribution >= 0.6 is 11.8 Å². The average Bonchev–Trinajstić information content (AvgIpc) is 2.89. The number of hydrogen-bond donors (Lipinski definition) is 2. The first kappa shape index (κ1) is 26.0. The maximum Gasteiger partial charge on any atom is 0.235 e. The Morgan fingerprint density at radius 1 is 1.25 bits per heavy atom. The third kappa shape index (κ3) is 5.49. The van der Waals surface area contributed by atoms with Gasteiger partial charge in [-0.3, -0.25) is 4.79 Å². The van der Waals surface area contributed by atoms with Gasteiger partial charge < -0.3 is 20.7 Å². The highest BCUT2D eigenvalue weighted by atomic mass is 32.2. The number of hydrogen-bond acceptors (Lipinski definition) is 8. The lowest BCUT2D eigenvalue weighted by molar-refractivity contribution is -0.117. The number of benzene rings is 1. The molecule has 0 radical (unpaired) electrons. The van der Waals surface area contributed by atoms with E-state index in [9.17, 15) is 15.3 Å². The SMILES string of the molecule is CCc1c(C#N)c(SC(C(N)=O)c2ccccc2)nc(N2CCC(NCC3(C)COC3)CC2)c1C#N. The molecule has 0 aliphatic carbocycles. The van der Waals surface area contributed by atoms with Crippen LogP contribution in [-0.4, -0.2) is 49.8 Å². The number of primary amides is 1. The number of carbonyl (C=O) groups is 1. The van der Waals surface area contributed by atoms with E-state index in [0.717, 1.165) is 51.3 Å². The van der Waals surface area contributed by atoms with Crippen LogP contribution in [0, 0.1) is 28.1 Å². The first-order valence-corrected chi connectivity index (χ1v) is 13.2. The van der Waals surface area contributed by atoms with Crippen molar-refractivity contribution in [3.63, 3.8) is 0 Å². The summed E-state index contributed by atoms with van der Waals surface area (Å²) in [4.78, 5) is 19.3. The third-order valence-electron chi connectivity index (χ3n) is 6.93. The Morgan fingerprint density at radius 3 is 2.44 bits per heavy atom. The number of nitriles is 2. The zero-order valence-corrected chi connectivity index (χ0v) is 21.6. The van der Waals surface area contributed by atoms with Crippen LogP contribution in [0.5, 0.6) is 0 Å². The van der Waals surface area contributed by atoms with Gasteiger partial charge in [0.2, 0.25) is 5.91 Å². The summed E-state index contributed by atoms with van der Waals surface area (Å²) in [5, 5.41) is 23.5.